The van der Waals surface area contributed by atoms with Gasteiger partial charge >= 0.3 is 5.97 Å². The minimum Gasteiger partial charge on any atom is -0.423 e. The van der Waals surface area contributed by atoms with Gasteiger partial charge in [-0.25, -0.2) is 12.8 Å². The van der Waals surface area contributed by atoms with Crippen molar-refractivity contribution in [2.24, 2.45) is 5.92 Å². The molecule has 0 unspecified atom stereocenters. The number of sulfonamides is 1. The van der Waals surface area contributed by atoms with Crippen LogP contribution in [0.4, 0.5) is 4.39 Å². The molecule has 0 aromatic heterocycles. The van der Waals surface area contributed by atoms with E-state index in [2.05, 4.69) is 0 Å². The molecule has 3 aromatic carbocycles. The van der Waals surface area contributed by atoms with E-state index in [4.69, 9.17) is 4.74 Å². The zero-order valence-corrected chi connectivity index (χ0v) is 20.0. The highest BCUT2D eigenvalue weighted by molar-refractivity contribution is 7.89. The van der Waals surface area contributed by atoms with Crippen LogP contribution in [0.3, 0.4) is 0 Å². The van der Waals surface area contributed by atoms with Crippen LogP contribution in [-0.4, -0.2) is 31.5 Å². The summed E-state index contributed by atoms with van der Waals surface area (Å²) in [5.41, 5.74) is -0.0288. The number of carbonyl (C=O) groups excluding carboxylic acids is 2. The molecular weight excluding hydrogens is 469 g/mol. The zero-order valence-electron chi connectivity index (χ0n) is 19.2. The molecule has 8 heteroatoms. The summed E-state index contributed by atoms with van der Waals surface area (Å²) >= 11 is 0. The van der Waals surface area contributed by atoms with Gasteiger partial charge in [0, 0.05) is 18.2 Å². The first-order chi connectivity index (χ1) is 16.8. The highest BCUT2D eigenvalue weighted by Gasteiger charge is 2.41. The number of ketones is 1. The molecule has 0 atom stereocenters. The minimum absolute atomic E-state index is 0.00204. The Morgan fingerprint density at radius 1 is 0.943 bits per heavy atom. The maximum absolute atomic E-state index is 14.0. The lowest BCUT2D eigenvalue weighted by molar-refractivity contribution is -0.142. The van der Waals surface area contributed by atoms with Crippen LogP contribution in [0.25, 0.3) is 16.5 Å². The van der Waals surface area contributed by atoms with E-state index in [9.17, 15) is 22.4 Å². The Hall–Kier alpha value is -3.52. The monoisotopic (exact) mass is 493 g/mol. The number of nitrogens with zero attached hydrogens (tertiary/aromatic N) is 1. The third-order valence-electron chi connectivity index (χ3n) is 6.72. The summed E-state index contributed by atoms with van der Waals surface area (Å²) in [5, 5.41) is 1.73. The third-order valence-corrected chi connectivity index (χ3v) is 8.52. The Balaban J connectivity index is 1.67. The summed E-state index contributed by atoms with van der Waals surface area (Å²) in [6.45, 7) is 0. The second-order valence-electron chi connectivity index (χ2n) is 8.94. The average Bonchev–Trinajstić information content (AvgIpc) is 2.87. The second-order valence-corrected chi connectivity index (χ2v) is 10.9. The van der Waals surface area contributed by atoms with Crippen LogP contribution >= 0.6 is 0 Å². The van der Waals surface area contributed by atoms with E-state index in [-0.39, 0.29) is 33.4 Å². The molecule has 0 bridgehead atoms. The highest BCUT2D eigenvalue weighted by Crippen LogP contribution is 2.39. The first-order valence-corrected chi connectivity index (χ1v) is 13.0. The first kappa shape index (κ1) is 23.2. The summed E-state index contributed by atoms with van der Waals surface area (Å²) < 4.78 is 47.2. The van der Waals surface area contributed by atoms with Gasteiger partial charge in [0.1, 0.15) is 16.4 Å². The number of allylic oxidation sites excluding steroid dienone is 1. The number of hydrogen-bond donors (Lipinski definition) is 0. The first-order valence-electron chi connectivity index (χ1n) is 11.6. The molecule has 0 radical (unpaired) electrons. The normalized spacial score (nSPS) is 17.8. The zero-order chi connectivity index (χ0) is 24.7. The number of likely N-dealkylation sites (N-methyl/N-ethyl adjacent to an activating group) is 1. The predicted octanol–water partition coefficient (Wildman–Crippen LogP) is 5.29. The van der Waals surface area contributed by atoms with Gasteiger partial charge in [0.05, 0.1) is 5.92 Å². The van der Waals surface area contributed by atoms with Crippen molar-refractivity contribution < 1.29 is 27.1 Å². The molecule has 180 valence electrons. The molecule has 1 saturated carbocycles. The number of Topliss-reactive ketones (excluding diaryl/α,β-unsaturated/α-hetero) is 1. The Bertz CT molecular complexity index is 1490. The topological polar surface area (TPSA) is 80.8 Å². The van der Waals surface area contributed by atoms with E-state index < -0.39 is 27.6 Å². The van der Waals surface area contributed by atoms with Crippen molar-refractivity contribution in [3.8, 4) is 0 Å². The van der Waals surface area contributed by atoms with Crippen molar-refractivity contribution in [3.05, 3.63) is 83.3 Å². The summed E-state index contributed by atoms with van der Waals surface area (Å²) in [6.07, 6.45) is 4.19. The van der Waals surface area contributed by atoms with Crippen LogP contribution in [0.15, 0.2) is 71.3 Å². The van der Waals surface area contributed by atoms with Crippen molar-refractivity contribution in [2.45, 2.75) is 37.0 Å². The summed E-state index contributed by atoms with van der Waals surface area (Å²) in [5.74, 6) is -2.36. The van der Waals surface area contributed by atoms with Crippen LogP contribution in [0.1, 0.15) is 48.0 Å². The van der Waals surface area contributed by atoms with Gasteiger partial charge in [-0.2, -0.15) is 0 Å². The van der Waals surface area contributed by atoms with Gasteiger partial charge in [-0.15, -0.1) is 0 Å². The number of carbonyl (C=O) groups is 2. The van der Waals surface area contributed by atoms with E-state index in [1.54, 1.807) is 18.2 Å². The van der Waals surface area contributed by atoms with Crippen LogP contribution in [0.2, 0.25) is 0 Å². The van der Waals surface area contributed by atoms with Crippen LogP contribution < -0.4 is 0 Å². The molecule has 1 aliphatic carbocycles. The number of fused-ring (bicyclic) bond motifs is 2. The Morgan fingerprint density at radius 2 is 1.66 bits per heavy atom. The van der Waals surface area contributed by atoms with Crippen molar-refractivity contribution >= 4 is 38.3 Å². The molecule has 5 rings (SSSR count). The number of hydrogen-bond acceptors (Lipinski definition) is 5. The molecule has 1 aliphatic heterocycles. The second kappa shape index (κ2) is 8.92. The molecule has 0 N–H and O–H groups in total. The quantitative estimate of drug-likeness (QED) is 0.365. The number of benzene rings is 3. The fraction of sp³-hybridized carbons (Fsp3) is 0.259. The number of halogens is 1. The van der Waals surface area contributed by atoms with Crippen LogP contribution in [0.5, 0.6) is 0 Å². The fourth-order valence-corrected chi connectivity index (χ4v) is 6.18. The van der Waals surface area contributed by atoms with Crippen molar-refractivity contribution in [2.75, 3.05) is 7.05 Å². The maximum Gasteiger partial charge on any atom is 0.314 e. The predicted molar refractivity (Wildman–Crippen MR) is 129 cm³/mol. The Labute approximate surface area is 203 Å². The van der Waals surface area contributed by atoms with E-state index in [0.717, 1.165) is 46.5 Å². The lowest BCUT2D eigenvalue weighted by Crippen LogP contribution is -2.36. The van der Waals surface area contributed by atoms with Gasteiger partial charge in [-0.1, -0.05) is 55.7 Å². The molecule has 0 amide bonds. The molecule has 2 aliphatic rings. The fourth-order valence-electron chi connectivity index (χ4n) is 4.77. The molecule has 0 saturated heterocycles. The smallest absolute Gasteiger partial charge is 0.314 e. The van der Waals surface area contributed by atoms with E-state index >= 15 is 0 Å². The van der Waals surface area contributed by atoms with Crippen molar-refractivity contribution in [1.82, 2.24) is 4.31 Å². The van der Waals surface area contributed by atoms with Gasteiger partial charge in [-0.3, -0.25) is 13.9 Å². The van der Waals surface area contributed by atoms with E-state index in [1.807, 2.05) is 24.3 Å². The molecule has 6 nitrogen and oxygen atoms in total. The molecule has 3 aromatic rings. The summed E-state index contributed by atoms with van der Waals surface area (Å²) in [6, 6.07) is 15.8. The van der Waals surface area contributed by atoms with Gasteiger partial charge in [-0.05, 0) is 47.9 Å². The largest absolute Gasteiger partial charge is 0.423 e. The van der Waals surface area contributed by atoms with Crippen molar-refractivity contribution in [3.63, 3.8) is 0 Å². The van der Waals surface area contributed by atoms with Crippen LogP contribution in [-0.2, 0) is 19.6 Å². The molecule has 1 fully saturated rings. The lowest BCUT2D eigenvalue weighted by atomic mass is 9.89. The maximum atomic E-state index is 14.0. The highest BCUT2D eigenvalue weighted by atomic mass is 32.2. The Morgan fingerprint density at radius 3 is 2.40 bits per heavy atom. The summed E-state index contributed by atoms with van der Waals surface area (Å²) in [7, 11) is -3.04. The van der Waals surface area contributed by atoms with Gasteiger partial charge in [0.25, 0.3) is 10.0 Å². The van der Waals surface area contributed by atoms with Gasteiger partial charge in [0.15, 0.2) is 5.76 Å². The summed E-state index contributed by atoms with van der Waals surface area (Å²) in [4.78, 5) is 26.5. The van der Waals surface area contributed by atoms with Gasteiger partial charge < -0.3 is 4.74 Å². The van der Waals surface area contributed by atoms with E-state index in [0.29, 0.717) is 12.8 Å². The minimum atomic E-state index is -4.26. The standard InChI is InChI=1S/C27H24FNO5S/c1-29-24(25(30)20-12-11-17-7-5-6-10-19(17)15-20)26(34-27(31)18-8-3-2-4-9-18)22-14-13-21(28)16-23(22)35(29,32)33/h5-7,10-16,18H,2-4,8-9H2,1H3. The molecule has 0 spiro atoms. The molecule has 1 heterocycles. The number of esters is 1. The molecular formula is C27H24FNO5S. The van der Waals surface area contributed by atoms with Crippen molar-refractivity contribution in [1.29, 1.82) is 0 Å². The number of ether oxygens (including phenoxy) is 1. The van der Waals surface area contributed by atoms with E-state index in [1.165, 1.54) is 13.1 Å². The SMILES string of the molecule is CN1C(C(=O)c2ccc3ccccc3c2)=C(OC(=O)C2CCCCC2)c2ccc(F)cc2S1(=O)=O. The van der Waals surface area contributed by atoms with Crippen LogP contribution in [0, 0.1) is 11.7 Å². The lowest BCUT2D eigenvalue weighted by Gasteiger charge is -2.31. The van der Waals surface area contributed by atoms with Gasteiger partial charge in [0.2, 0.25) is 5.78 Å². The average molecular weight is 494 g/mol. The third kappa shape index (κ3) is 4.12. The Kier molecular flexibility index (Phi) is 5.92. The molecule has 35 heavy (non-hydrogen) atoms. The number of rotatable bonds is 4.